The van der Waals surface area contributed by atoms with Crippen molar-refractivity contribution in [3.63, 3.8) is 0 Å². The molecule has 1 N–H and O–H groups in total. The van der Waals surface area contributed by atoms with Crippen molar-refractivity contribution in [2.75, 3.05) is 0 Å². The quantitative estimate of drug-likeness (QED) is 0.492. The minimum absolute atomic E-state index is 0.116. The molecule has 0 aromatic carbocycles. The van der Waals surface area contributed by atoms with E-state index in [2.05, 4.69) is 18.4 Å². The number of aliphatic hydroxyl groups is 1. The molecule has 0 fully saturated rings. The predicted octanol–water partition coefficient (Wildman–Crippen LogP) is 2.22. The summed E-state index contributed by atoms with van der Waals surface area (Å²) in [6, 6.07) is 0. The second-order valence-corrected chi connectivity index (χ2v) is 3.97. The van der Waals surface area contributed by atoms with Gasteiger partial charge in [0.05, 0.1) is 12.0 Å². The zero-order valence-corrected chi connectivity index (χ0v) is 8.39. The summed E-state index contributed by atoms with van der Waals surface area (Å²) in [4.78, 5) is 0. The van der Waals surface area contributed by atoms with Crippen LogP contribution in [0.25, 0.3) is 0 Å². The van der Waals surface area contributed by atoms with Gasteiger partial charge in [-0.1, -0.05) is 32.8 Å². The van der Waals surface area contributed by atoms with Gasteiger partial charge in [0.25, 0.3) is 0 Å². The fraction of sp³-hybridized carbons (Fsp3) is 0.636. The zero-order chi connectivity index (χ0) is 9.78. The van der Waals surface area contributed by atoms with Gasteiger partial charge < -0.3 is 5.11 Å². The normalized spacial score (nSPS) is 15.8. The van der Waals surface area contributed by atoms with Crippen LogP contribution in [0.3, 0.4) is 0 Å². The molecule has 0 aromatic rings. The van der Waals surface area contributed by atoms with Gasteiger partial charge in [-0.25, -0.2) is 0 Å². The molecular weight excluding hydrogens is 148 g/mol. The van der Waals surface area contributed by atoms with Crippen LogP contribution in [-0.4, -0.2) is 11.2 Å². The van der Waals surface area contributed by atoms with Crippen molar-refractivity contribution < 1.29 is 5.11 Å². The summed E-state index contributed by atoms with van der Waals surface area (Å²) in [7, 11) is 0. The molecule has 0 amide bonds. The molecule has 0 saturated carbocycles. The first-order valence-corrected chi connectivity index (χ1v) is 4.16. The Hall–Kier alpha value is -0.740. The van der Waals surface area contributed by atoms with E-state index in [-0.39, 0.29) is 11.3 Å². The smallest absolute Gasteiger partial charge is 0.0760 e. The second kappa shape index (κ2) is 4.33. The average molecular weight is 166 g/mol. The molecule has 0 aliphatic heterocycles. The van der Waals surface area contributed by atoms with Crippen LogP contribution >= 0.6 is 0 Å². The van der Waals surface area contributed by atoms with Gasteiger partial charge in [0.2, 0.25) is 0 Å². The molecule has 68 valence electrons. The highest BCUT2D eigenvalue weighted by molar-refractivity contribution is 5.11. The first-order valence-electron chi connectivity index (χ1n) is 4.16. The molecule has 0 aromatic heterocycles. The van der Waals surface area contributed by atoms with Crippen LogP contribution in [0.2, 0.25) is 0 Å². The van der Waals surface area contributed by atoms with Gasteiger partial charge in [0.15, 0.2) is 0 Å². The maximum atomic E-state index is 9.80. The molecule has 2 atom stereocenters. The molecule has 12 heavy (non-hydrogen) atoms. The molecule has 0 rings (SSSR count). The minimum atomic E-state index is -0.442. The first kappa shape index (κ1) is 11.3. The predicted molar refractivity (Wildman–Crippen MR) is 52.6 cm³/mol. The molecular formula is C11H18O. The lowest BCUT2D eigenvalue weighted by molar-refractivity contribution is 0.0449. The summed E-state index contributed by atoms with van der Waals surface area (Å²) in [5, 5.41) is 9.80. The molecule has 1 heteroatoms. The summed E-state index contributed by atoms with van der Waals surface area (Å²) >= 11 is 0. The third-order valence-electron chi connectivity index (χ3n) is 1.79. The molecule has 0 aliphatic rings. The van der Waals surface area contributed by atoms with Gasteiger partial charge in [0.1, 0.15) is 0 Å². The van der Waals surface area contributed by atoms with Crippen molar-refractivity contribution in [1.29, 1.82) is 0 Å². The number of aliphatic hydroxyl groups excluding tert-OH is 1. The molecule has 0 spiro atoms. The van der Waals surface area contributed by atoms with E-state index >= 15 is 0 Å². The third kappa shape index (κ3) is 3.11. The Morgan fingerprint density at radius 1 is 1.42 bits per heavy atom. The van der Waals surface area contributed by atoms with Crippen LogP contribution < -0.4 is 0 Å². The Morgan fingerprint density at radius 3 is 2.17 bits per heavy atom. The Labute approximate surface area is 75.5 Å². The lowest BCUT2D eigenvalue weighted by Crippen LogP contribution is -2.32. The molecule has 0 bridgehead atoms. The van der Waals surface area contributed by atoms with E-state index in [0.717, 1.165) is 0 Å². The fourth-order valence-corrected chi connectivity index (χ4v) is 0.972. The van der Waals surface area contributed by atoms with E-state index in [0.29, 0.717) is 0 Å². The average Bonchev–Trinajstić information content (AvgIpc) is 1.97. The molecule has 0 heterocycles. The van der Waals surface area contributed by atoms with Crippen molar-refractivity contribution in [3.05, 3.63) is 12.7 Å². The van der Waals surface area contributed by atoms with Crippen LogP contribution in [0, 0.1) is 23.2 Å². The molecule has 0 radical (unpaired) electrons. The molecule has 1 nitrogen and oxygen atoms in total. The van der Waals surface area contributed by atoms with Crippen molar-refractivity contribution in [2.45, 2.75) is 33.8 Å². The summed E-state index contributed by atoms with van der Waals surface area (Å²) in [5.74, 6) is 5.60. The molecule has 0 saturated heterocycles. The van der Waals surface area contributed by atoms with Crippen molar-refractivity contribution >= 4 is 0 Å². The van der Waals surface area contributed by atoms with Crippen molar-refractivity contribution in [3.8, 4) is 11.8 Å². The van der Waals surface area contributed by atoms with Crippen LogP contribution in [0.5, 0.6) is 0 Å². The van der Waals surface area contributed by atoms with E-state index in [9.17, 15) is 5.11 Å². The minimum Gasteiger partial charge on any atom is -0.391 e. The Kier molecular flexibility index (Phi) is 4.06. The van der Waals surface area contributed by atoms with Gasteiger partial charge in [-0.15, -0.1) is 12.5 Å². The summed E-state index contributed by atoms with van der Waals surface area (Å²) in [5.41, 5.74) is -0.136. The van der Waals surface area contributed by atoms with E-state index in [1.165, 1.54) is 0 Å². The van der Waals surface area contributed by atoms with E-state index in [1.807, 2.05) is 20.8 Å². The lowest BCUT2D eigenvalue weighted by atomic mass is 9.81. The second-order valence-electron chi connectivity index (χ2n) is 3.97. The largest absolute Gasteiger partial charge is 0.391 e. The van der Waals surface area contributed by atoms with E-state index < -0.39 is 6.10 Å². The first-order chi connectivity index (χ1) is 5.43. The Bertz CT molecular complexity index is 199. The summed E-state index contributed by atoms with van der Waals surface area (Å²) in [6.45, 7) is 11.4. The van der Waals surface area contributed by atoms with Crippen LogP contribution in [0.15, 0.2) is 12.7 Å². The highest BCUT2D eigenvalue weighted by atomic mass is 16.3. The van der Waals surface area contributed by atoms with E-state index in [4.69, 9.17) is 0 Å². The van der Waals surface area contributed by atoms with Gasteiger partial charge in [-0.3, -0.25) is 0 Å². The van der Waals surface area contributed by atoms with Crippen molar-refractivity contribution in [1.82, 2.24) is 0 Å². The highest BCUT2D eigenvalue weighted by Gasteiger charge is 2.27. The third-order valence-corrected chi connectivity index (χ3v) is 1.79. The fourth-order valence-electron chi connectivity index (χ4n) is 0.972. The summed E-state index contributed by atoms with van der Waals surface area (Å²) < 4.78 is 0. The molecule has 0 aliphatic carbocycles. The Balaban J connectivity index is 4.49. The van der Waals surface area contributed by atoms with Crippen LogP contribution in [-0.2, 0) is 0 Å². The Morgan fingerprint density at radius 2 is 1.92 bits per heavy atom. The van der Waals surface area contributed by atoms with Crippen LogP contribution in [0.4, 0.5) is 0 Å². The van der Waals surface area contributed by atoms with E-state index in [1.54, 1.807) is 13.0 Å². The maximum absolute atomic E-state index is 9.80. The number of rotatable bonds is 2. The van der Waals surface area contributed by atoms with Gasteiger partial charge >= 0.3 is 0 Å². The standard InChI is InChI=1S/C11H18O/c1-6-8-9(7-2)10(12)11(3,4)5/h7,9-10,12H,2H2,1,3-5H3/t9-,10-/m1/s1. The zero-order valence-electron chi connectivity index (χ0n) is 8.39. The van der Waals surface area contributed by atoms with Crippen molar-refractivity contribution in [2.24, 2.45) is 11.3 Å². The van der Waals surface area contributed by atoms with Gasteiger partial charge in [-0.2, -0.15) is 0 Å². The number of hydrogen-bond acceptors (Lipinski definition) is 1. The lowest BCUT2D eigenvalue weighted by Gasteiger charge is -2.28. The maximum Gasteiger partial charge on any atom is 0.0760 e. The SMILES string of the molecule is C=C[C@H](C#CC)[C@@H](O)C(C)(C)C. The number of hydrogen-bond donors (Lipinski definition) is 1. The topological polar surface area (TPSA) is 20.2 Å². The van der Waals surface area contributed by atoms with Crippen LogP contribution in [0.1, 0.15) is 27.7 Å². The highest BCUT2D eigenvalue weighted by Crippen LogP contribution is 2.25. The summed E-state index contributed by atoms with van der Waals surface area (Å²) in [6.07, 6.45) is 1.26. The van der Waals surface area contributed by atoms with Gasteiger partial charge in [0, 0.05) is 0 Å². The molecule has 0 unspecified atom stereocenters. The van der Waals surface area contributed by atoms with Gasteiger partial charge in [-0.05, 0) is 12.3 Å². The monoisotopic (exact) mass is 166 g/mol.